The summed E-state index contributed by atoms with van der Waals surface area (Å²) in [5, 5.41) is 5.52. The number of H-pyrrole nitrogens is 1. The second-order valence-corrected chi connectivity index (χ2v) is 6.34. The van der Waals surface area contributed by atoms with Gasteiger partial charge < -0.3 is 15.6 Å². The number of carbonyl (C=O) groups excluding carboxylic acids is 1. The molecule has 0 spiro atoms. The van der Waals surface area contributed by atoms with Gasteiger partial charge in [0, 0.05) is 22.2 Å². The van der Waals surface area contributed by atoms with Gasteiger partial charge in [-0.25, -0.2) is 13.6 Å². The molecular formula is C22H15F2N3O2. The molecule has 144 valence electrons. The number of nitrogens with one attached hydrogen (secondary N) is 3. The molecule has 1 heterocycles. The van der Waals surface area contributed by atoms with Crippen molar-refractivity contribution in [1.29, 1.82) is 0 Å². The fourth-order valence-electron chi connectivity index (χ4n) is 3.00. The minimum absolute atomic E-state index is 0.0231. The third kappa shape index (κ3) is 3.84. The average molecular weight is 391 g/mol. The third-order valence-electron chi connectivity index (χ3n) is 4.38. The van der Waals surface area contributed by atoms with Crippen LogP contribution in [0.5, 0.6) is 0 Å². The smallest absolute Gasteiger partial charge is 0.323 e. The van der Waals surface area contributed by atoms with Crippen LogP contribution in [-0.2, 0) is 0 Å². The van der Waals surface area contributed by atoms with Crippen molar-refractivity contribution < 1.29 is 13.6 Å². The predicted molar refractivity (Wildman–Crippen MR) is 109 cm³/mol. The van der Waals surface area contributed by atoms with E-state index in [1.54, 1.807) is 24.3 Å². The average Bonchev–Trinajstić information content (AvgIpc) is 2.72. The van der Waals surface area contributed by atoms with Crippen molar-refractivity contribution in [1.82, 2.24) is 4.98 Å². The molecule has 0 atom stereocenters. The molecule has 0 saturated heterocycles. The zero-order chi connectivity index (χ0) is 20.4. The summed E-state index contributed by atoms with van der Waals surface area (Å²) in [6, 6.07) is 17.0. The molecule has 4 aromatic rings. The van der Waals surface area contributed by atoms with Gasteiger partial charge in [-0.2, -0.15) is 0 Å². The Kier molecular flexibility index (Phi) is 4.78. The number of pyridine rings is 1. The molecule has 1 aromatic heterocycles. The molecule has 3 aromatic carbocycles. The zero-order valence-corrected chi connectivity index (χ0v) is 15.0. The van der Waals surface area contributed by atoms with Crippen molar-refractivity contribution in [2.75, 3.05) is 10.6 Å². The Hall–Kier alpha value is -4.00. The van der Waals surface area contributed by atoms with Gasteiger partial charge in [-0.3, -0.25) is 4.79 Å². The SMILES string of the molecule is O=C(Nc1ccc(F)cc1)Nc1c(-c2ccc(F)cc2)[nH]c2ccccc2c1=O. The second kappa shape index (κ2) is 7.55. The molecule has 0 fully saturated rings. The number of halogens is 2. The zero-order valence-electron chi connectivity index (χ0n) is 15.0. The van der Waals surface area contributed by atoms with Gasteiger partial charge in [0.15, 0.2) is 0 Å². The van der Waals surface area contributed by atoms with Gasteiger partial charge in [-0.05, 0) is 60.7 Å². The highest BCUT2D eigenvalue weighted by Crippen LogP contribution is 2.26. The Balaban J connectivity index is 1.77. The van der Waals surface area contributed by atoms with Crippen LogP contribution in [0.25, 0.3) is 22.2 Å². The van der Waals surface area contributed by atoms with E-state index in [1.807, 2.05) is 0 Å². The number of rotatable bonds is 3. The predicted octanol–water partition coefficient (Wildman–Crippen LogP) is 5.12. The van der Waals surface area contributed by atoms with Crippen LogP contribution in [0.2, 0.25) is 0 Å². The summed E-state index contributed by atoms with van der Waals surface area (Å²) in [5.41, 5.74) is 1.47. The van der Waals surface area contributed by atoms with Gasteiger partial charge >= 0.3 is 6.03 Å². The molecule has 0 aliphatic heterocycles. The molecule has 5 nitrogen and oxygen atoms in total. The highest BCUT2D eigenvalue weighted by atomic mass is 19.1. The Bertz CT molecular complexity index is 1250. The summed E-state index contributed by atoms with van der Waals surface area (Å²) in [7, 11) is 0. The Morgan fingerprint density at radius 3 is 2.10 bits per heavy atom. The number of fused-ring (bicyclic) bond motifs is 1. The van der Waals surface area contributed by atoms with Crippen LogP contribution >= 0.6 is 0 Å². The molecule has 0 aliphatic carbocycles. The van der Waals surface area contributed by atoms with Crippen molar-refractivity contribution in [2.45, 2.75) is 0 Å². The number of anilines is 2. The van der Waals surface area contributed by atoms with Crippen LogP contribution in [-0.4, -0.2) is 11.0 Å². The van der Waals surface area contributed by atoms with Crippen LogP contribution in [0.15, 0.2) is 77.6 Å². The maximum Gasteiger partial charge on any atom is 0.323 e. The van der Waals surface area contributed by atoms with Crippen molar-refractivity contribution in [3.8, 4) is 11.3 Å². The van der Waals surface area contributed by atoms with E-state index in [9.17, 15) is 18.4 Å². The van der Waals surface area contributed by atoms with Crippen molar-refractivity contribution in [2.24, 2.45) is 0 Å². The number of urea groups is 1. The van der Waals surface area contributed by atoms with Gasteiger partial charge in [0.1, 0.15) is 17.3 Å². The molecule has 2 amide bonds. The summed E-state index contributed by atoms with van der Waals surface area (Å²) in [6.45, 7) is 0. The number of hydrogen-bond donors (Lipinski definition) is 3. The number of aromatic amines is 1. The van der Waals surface area contributed by atoms with E-state index in [1.165, 1.54) is 48.5 Å². The summed E-state index contributed by atoms with van der Waals surface area (Å²) < 4.78 is 26.4. The Morgan fingerprint density at radius 1 is 0.793 bits per heavy atom. The monoisotopic (exact) mass is 391 g/mol. The molecule has 0 radical (unpaired) electrons. The highest BCUT2D eigenvalue weighted by molar-refractivity contribution is 6.03. The van der Waals surface area contributed by atoms with Gasteiger partial charge in [-0.1, -0.05) is 12.1 Å². The summed E-state index contributed by atoms with van der Waals surface area (Å²) in [4.78, 5) is 28.6. The first-order valence-electron chi connectivity index (χ1n) is 8.76. The topological polar surface area (TPSA) is 74.0 Å². The number of carbonyl (C=O) groups is 1. The lowest BCUT2D eigenvalue weighted by Crippen LogP contribution is -2.24. The summed E-state index contributed by atoms with van der Waals surface area (Å²) in [6.07, 6.45) is 0. The van der Waals surface area contributed by atoms with Gasteiger partial charge in [0.05, 0.1) is 5.69 Å². The lowest BCUT2D eigenvalue weighted by Gasteiger charge is -2.13. The fourth-order valence-corrected chi connectivity index (χ4v) is 3.00. The van der Waals surface area contributed by atoms with Gasteiger partial charge in [0.2, 0.25) is 5.43 Å². The Labute approximate surface area is 164 Å². The summed E-state index contributed by atoms with van der Waals surface area (Å²) >= 11 is 0. The first-order chi connectivity index (χ1) is 14.0. The van der Waals surface area contributed by atoms with E-state index in [-0.39, 0.29) is 11.1 Å². The third-order valence-corrected chi connectivity index (χ3v) is 4.38. The minimum atomic E-state index is -0.666. The maximum atomic E-state index is 13.3. The van der Waals surface area contributed by atoms with E-state index >= 15 is 0 Å². The van der Waals surface area contributed by atoms with Crippen molar-refractivity contribution in [3.05, 3.63) is 94.7 Å². The van der Waals surface area contributed by atoms with E-state index in [2.05, 4.69) is 15.6 Å². The van der Waals surface area contributed by atoms with Crippen LogP contribution in [0.4, 0.5) is 25.0 Å². The fraction of sp³-hybridized carbons (Fsp3) is 0. The molecular weight excluding hydrogens is 376 g/mol. The molecule has 7 heteroatoms. The van der Waals surface area contributed by atoms with Gasteiger partial charge in [0.25, 0.3) is 0 Å². The number of aromatic nitrogens is 1. The number of hydrogen-bond acceptors (Lipinski definition) is 2. The standard InChI is InChI=1S/C22H15F2N3O2/c23-14-7-5-13(6-8-14)19-20(21(28)17-3-1-2-4-18(17)26-19)27-22(29)25-16-11-9-15(24)10-12-16/h1-12H,(H,26,28)(H2,25,27,29). The maximum absolute atomic E-state index is 13.3. The normalized spacial score (nSPS) is 10.7. The van der Waals surface area contributed by atoms with Gasteiger partial charge in [-0.15, -0.1) is 0 Å². The quantitative estimate of drug-likeness (QED) is 0.454. The van der Waals surface area contributed by atoms with Crippen molar-refractivity contribution in [3.63, 3.8) is 0 Å². The molecule has 0 unspecified atom stereocenters. The summed E-state index contributed by atoms with van der Waals surface area (Å²) in [5.74, 6) is -0.846. The number of benzene rings is 3. The van der Waals surface area contributed by atoms with E-state index in [0.717, 1.165) is 0 Å². The van der Waals surface area contributed by atoms with E-state index in [0.29, 0.717) is 27.8 Å². The van der Waals surface area contributed by atoms with E-state index in [4.69, 9.17) is 0 Å². The first-order valence-corrected chi connectivity index (χ1v) is 8.76. The minimum Gasteiger partial charge on any atom is -0.353 e. The largest absolute Gasteiger partial charge is 0.353 e. The van der Waals surface area contributed by atoms with Crippen LogP contribution in [0.3, 0.4) is 0 Å². The van der Waals surface area contributed by atoms with Crippen LogP contribution in [0.1, 0.15) is 0 Å². The number of amides is 2. The second-order valence-electron chi connectivity index (χ2n) is 6.34. The van der Waals surface area contributed by atoms with E-state index < -0.39 is 17.7 Å². The molecule has 0 bridgehead atoms. The lowest BCUT2D eigenvalue weighted by atomic mass is 10.1. The van der Waals surface area contributed by atoms with Crippen molar-refractivity contribution >= 4 is 28.3 Å². The first kappa shape index (κ1) is 18.4. The number of para-hydroxylation sites is 1. The lowest BCUT2D eigenvalue weighted by molar-refractivity contribution is 0.262. The van der Waals surface area contributed by atoms with Crippen LogP contribution < -0.4 is 16.1 Å². The highest BCUT2D eigenvalue weighted by Gasteiger charge is 2.16. The molecule has 29 heavy (non-hydrogen) atoms. The van der Waals surface area contributed by atoms with Crippen LogP contribution in [0, 0.1) is 11.6 Å². The molecule has 0 saturated carbocycles. The molecule has 0 aliphatic rings. The molecule has 3 N–H and O–H groups in total. The Morgan fingerprint density at radius 2 is 1.41 bits per heavy atom. The molecule has 4 rings (SSSR count).